The lowest BCUT2D eigenvalue weighted by Crippen LogP contribution is -2.51. The summed E-state index contributed by atoms with van der Waals surface area (Å²) < 4.78 is 36.5. The summed E-state index contributed by atoms with van der Waals surface area (Å²) in [6, 6.07) is -0.767. The van der Waals surface area contributed by atoms with Gasteiger partial charge < -0.3 is 15.3 Å². The summed E-state index contributed by atoms with van der Waals surface area (Å²) in [7, 11) is 0. The van der Waals surface area contributed by atoms with Crippen molar-refractivity contribution in [2.24, 2.45) is 5.41 Å². The lowest BCUT2D eigenvalue weighted by Gasteiger charge is -2.30. The molecule has 0 saturated carbocycles. The second-order valence-electron chi connectivity index (χ2n) is 6.21. The van der Waals surface area contributed by atoms with Crippen molar-refractivity contribution in [2.45, 2.75) is 51.9 Å². The fourth-order valence-corrected chi connectivity index (χ4v) is 2.14. The normalized spacial score (nSPS) is 21.3. The predicted octanol–water partition coefficient (Wildman–Crippen LogP) is 1.06. The summed E-state index contributed by atoms with van der Waals surface area (Å²) >= 11 is 0. The van der Waals surface area contributed by atoms with Crippen LogP contribution in [0.25, 0.3) is 0 Å². The minimum Gasteiger partial charge on any atom is -0.382 e. The van der Waals surface area contributed by atoms with E-state index in [1.165, 1.54) is 4.90 Å². The predicted molar refractivity (Wildman–Crippen MR) is 69.3 cm³/mol. The Balaban J connectivity index is 2.63. The van der Waals surface area contributed by atoms with Crippen LogP contribution < -0.4 is 5.32 Å². The maximum Gasteiger partial charge on any atom is 0.416 e. The van der Waals surface area contributed by atoms with Crippen molar-refractivity contribution in [3.63, 3.8) is 0 Å². The summed E-state index contributed by atoms with van der Waals surface area (Å²) in [5.41, 5.74) is -0.658. The largest absolute Gasteiger partial charge is 0.416 e. The summed E-state index contributed by atoms with van der Waals surface area (Å²) in [6.45, 7) is 4.66. The zero-order valence-electron chi connectivity index (χ0n) is 12.3. The van der Waals surface area contributed by atoms with Gasteiger partial charge in [0, 0.05) is 12.0 Å². The van der Waals surface area contributed by atoms with Crippen LogP contribution in [0.2, 0.25) is 0 Å². The Hall–Kier alpha value is -1.31. The van der Waals surface area contributed by atoms with E-state index in [0.717, 1.165) is 0 Å². The molecule has 0 aromatic carbocycles. The van der Waals surface area contributed by atoms with Gasteiger partial charge in [0.25, 0.3) is 0 Å². The van der Waals surface area contributed by atoms with Crippen molar-refractivity contribution in [1.29, 1.82) is 0 Å². The molecule has 2 atom stereocenters. The first-order valence-corrected chi connectivity index (χ1v) is 6.78. The van der Waals surface area contributed by atoms with E-state index in [4.69, 9.17) is 5.11 Å². The summed E-state index contributed by atoms with van der Waals surface area (Å²) in [5.74, 6) is -0.870. The molecule has 2 unspecified atom stereocenters. The van der Waals surface area contributed by atoms with Gasteiger partial charge in [-0.2, -0.15) is 13.2 Å². The molecule has 2 N–H and O–H groups in total. The molecule has 0 aromatic heterocycles. The van der Waals surface area contributed by atoms with E-state index in [-0.39, 0.29) is 5.91 Å². The van der Waals surface area contributed by atoms with Crippen LogP contribution in [0.5, 0.6) is 0 Å². The molecule has 1 aliphatic heterocycles. The molecular weight excluding hydrogens is 289 g/mol. The van der Waals surface area contributed by atoms with Crippen molar-refractivity contribution < 1.29 is 27.9 Å². The van der Waals surface area contributed by atoms with Gasteiger partial charge in [-0.25, -0.2) is 0 Å². The molecular formula is C13H21F3N2O3. The van der Waals surface area contributed by atoms with Crippen LogP contribution in [0.15, 0.2) is 0 Å². The van der Waals surface area contributed by atoms with Gasteiger partial charge in [0.1, 0.15) is 6.04 Å². The maximum atomic E-state index is 12.2. The monoisotopic (exact) mass is 310 g/mol. The highest BCUT2D eigenvalue weighted by molar-refractivity contribution is 5.90. The number of amides is 2. The van der Waals surface area contributed by atoms with Gasteiger partial charge in [-0.05, 0) is 12.8 Å². The first-order valence-electron chi connectivity index (χ1n) is 6.78. The number of carbonyl (C=O) groups is 2. The molecule has 0 aliphatic carbocycles. The minimum atomic E-state index is -4.77. The number of hydrogen-bond donors (Lipinski definition) is 2. The Morgan fingerprint density at radius 2 is 1.90 bits per heavy atom. The molecule has 0 aromatic rings. The van der Waals surface area contributed by atoms with E-state index in [1.54, 1.807) is 20.8 Å². The van der Waals surface area contributed by atoms with Crippen LogP contribution >= 0.6 is 0 Å². The molecule has 2 amide bonds. The average Bonchev–Trinajstić information content (AvgIpc) is 2.80. The number of halogens is 3. The SMILES string of the molecule is CC(C)(C)C(=O)N1CCCC1C(=O)NCC(O)C(F)(F)F. The van der Waals surface area contributed by atoms with Crippen LogP contribution in [0, 0.1) is 5.41 Å². The summed E-state index contributed by atoms with van der Waals surface area (Å²) in [6.07, 6.45) is -6.34. The molecule has 1 saturated heterocycles. The third kappa shape index (κ3) is 4.59. The fourth-order valence-electron chi connectivity index (χ4n) is 2.14. The van der Waals surface area contributed by atoms with Gasteiger partial charge in [-0.15, -0.1) is 0 Å². The lowest BCUT2D eigenvalue weighted by molar-refractivity contribution is -0.202. The minimum absolute atomic E-state index is 0.212. The molecule has 0 radical (unpaired) electrons. The lowest BCUT2D eigenvalue weighted by atomic mass is 9.94. The van der Waals surface area contributed by atoms with Gasteiger partial charge in [0.05, 0.1) is 6.54 Å². The van der Waals surface area contributed by atoms with E-state index >= 15 is 0 Å². The molecule has 1 aliphatic rings. The number of alkyl halides is 3. The van der Waals surface area contributed by atoms with Crippen molar-refractivity contribution in [1.82, 2.24) is 10.2 Å². The van der Waals surface area contributed by atoms with Crippen LogP contribution in [0.4, 0.5) is 13.2 Å². The van der Waals surface area contributed by atoms with E-state index in [9.17, 15) is 22.8 Å². The van der Waals surface area contributed by atoms with Crippen molar-refractivity contribution in [3.05, 3.63) is 0 Å². The zero-order valence-corrected chi connectivity index (χ0v) is 12.3. The van der Waals surface area contributed by atoms with Crippen LogP contribution in [-0.4, -0.2) is 53.2 Å². The van der Waals surface area contributed by atoms with Crippen molar-refractivity contribution in [3.8, 4) is 0 Å². The fraction of sp³-hybridized carbons (Fsp3) is 0.846. The third-order valence-corrected chi connectivity index (χ3v) is 3.31. The molecule has 1 fully saturated rings. The summed E-state index contributed by atoms with van der Waals surface area (Å²) in [4.78, 5) is 25.5. The van der Waals surface area contributed by atoms with Crippen molar-refractivity contribution >= 4 is 11.8 Å². The molecule has 21 heavy (non-hydrogen) atoms. The number of rotatable bonds is 3. The van der Waals surface area contributed by atoms with Crippen LogP contribution in [0.3, 0.4) is 0 Å². The number of aliphatic hydroxyl groups excluding tert-OH is 1. The molecule has 122 valence electrons. The highest BCUT2D eigenvalue weighted by Gasteiger charge is 2.41. The third-order valence-electron chi connectivity index (χ3n) is 3.31. The Morgan fingerprint density at radius 1 is 1.33 bits per heavy atom. The Kier molecular flexibility index (Phi) is 5.25. The van der Waals surface area contributed by atoms with Crippen LogP contribution in [0.1, 0.15) is 33.6 Å². The smallest absolute Gasteiger partial charge is 0.382 e. The van der Waals surface area contributed by atoms with Gasteiger partial charge in [0.2, 0.25) is 11.8 Å². The average molecular weight is 310 g/mol. The highest BCUT2D eigenvalue weighted by atomic mass is 19.4. The quantitative estimate of drug-likeness (QED) is 0.819. The Bertz CT molecular complexity index is 404. The Labute approximate surface area is 121 Å². The number of likely N-dealkylation sites (tertiary alicyclic amines) is 1. The molecule has 1 rings (SSSR count). The topological polar surface area (TPSA) is 69.6 Å². The molecule has 1 heterocycles. The number of carbonyl (C=O) groups excluding carboxylic acids is 2. The molecule has 5 nitrogen and oxygen atoms in total. The van der Waals surface area contributed by atoms with E-state index < -0.39 is 36.2 Å². The standard InChI is InChI=1S/C13H21F3N2O3/c1-12(2,3)11(21)18-6-4-5-8(18)10(20)17-7-9(19)13(14,15)16/h8-9,19H,4-7H2,1-3H3,(H,17,20). The first kappa shape index (κ1) is 17.7. The number of aliphatic hydroxyl groups is 1. The molecule has 8 heteroatoms. The molecule has 0 bridgehead atoms. The van der Waals surface area contributed by atoms with Gasteiger partial charge in [-0.3, -0.25) is 9.59 Å². The first-order chi connectivity index (χ1) is 9.44. The van der Waals surface area contributed by atoms with Gasteiger partial charge >= 0.3 is 6.18 Å². The van der Waals surface area contributed by atoms with Crippen molar-refractivity contribution in [2.75, 3.05) is 13.1 Å². The molecule has 0 spiro atoms. The second-order valence-corrected chi connectivity index (χ2v) is 6.21. The zero-order chi connectivity index (χ0) is 16.4. The second kappa shape index (κ2) is 6.21. The number of hydrogen-bond acceptors (Lipinski definition) is 3. The van der Waals surface area contributed by atoms with Crippen LogP contribution in [-0.2, 0) is 9.59 Å². The number of nitrogens with zero attached hydrogens (tertiary/aromatic N) is 1. The van der Waals surface area contributed by atoms with Gasteiger partial charge in [-0.1, -0.05) is 20.8 Å². The number of nitrogens with one attached hydrogen (secondary N) is 1. The Morgan fingerprint density at radius 3 is 2.38 bits per heavy atom. The van der Waals surface area contributed by atoms with E-state index in [2.05, 4.69) is 5.32 Å². The van der Waals surface area contributed by atoms with E-state index in [1.807, 2.05) is 0 Å². The highest BCUT2D eigenvalue weighted by Crippen LogP contribution is 2.25. The van der Waals surface area contributed by atoms with E-state index in [0.29, 0.717) is 19.4 Å². The maximum absolute atomic E-state index is 12.2. The van der Waals surface area contributed by atoms with Gasteiger partial charge in [0.15, 0.2) is 6.10 Å². The summed E-state index contributed by atoms with van der Waals surface area (Å²) in [5, 5.41) is 10.9.